The van der Waals surface area contributed by atoms with E-state index in [4.69, 9.17) is 4.74 Å². The molecule has 0 heterocycles. The van der Waals surface area contributed by atoms with Crippen LogP contribution in [0.2, 0.25) is 0 Å². The Labute approximate surface area is 444 Å². The molecule has 1 amide bonds. The third kappa shape index (κ3) is 57.7. The zero-order valence-corrected chi connectivity index (χ0v) is 48.2. The fourth-order valence-corrected chi connectivity index (χ4v) is 10.3. The van der Waals surface area contributed by atoms with Crippen LogP contribution < -0.4 is 5.32 Å². The summed E-state index contributed by atoms with van der Waals surface area (Å²) < 4.78 is 5.48. The molecule has 0 radical (unpaired) electrons. The predicted octanol–water partition coefficient (Wildman–Crippen LogP) is 20.4. The molecule has 71 heavy (non-hydrogen) atoms. The number of carbonyl (C=O) groups is 2. The molecule has 0 aliphatic rings. The molecule has 0 bridgehead atoms. The Bertz CT molecular complexity index is 1060. The molecule has 0 aromatic rings. The highest BCUT2D eigenvalue weighted by atomic mass is 16.5. The molecule has 422 valence electrons. The molecule has 0 saturated carbocycles. The van der Waals surface area contributed by atoms with Gasteiger partial charge in [-0.1, -0.05) is 315 Å². The topological polar surface area (TPSA) is 95.9 Å². The summed E-state index contributed by atoms with van der Waals surface area (Å²) in [4.78, 5) is 24.6. The summed E-state index contributed by atoms with van der Waals surface area (Å²) in [6, 6.07) is -0.548. The summed E-state index contributed by atoms with van der Waals surface area (Å²) in [5, 5.41) is 23.4. The van der Waals surface area contributed by atoms with Crippen LogP contribution in [-0.2, 0) is 14.3 Å². The standard InChI is InChI=1S/C65H127NO5/c1-3-5-7-9-11-13-15-17-18-19-20-21-24-27-30-34-37-41-45-49-53-57-63(68)62(61-67)66-64(69)58-54-50-46-42-38-35-31-28-25-22-23-26-29-32-36-40-44-48-52-56-60-71-65(70)59-55-51-47-43-39-33-16-14-12-10-8-6-4-2/h22,25,62-63,67-68H,3-21,23-24,26-61H2,1-2H3,(H,66,69)/b25-22-. The van der Waals surface area contributed by atoms with E-state index >= 15 is 0 Å². The van der Waals surface area contributed by atoms with E-state index in [0.29, 0.717) is 25.9 Å². The lowest BCUT2D eigenvalue weighted by Crippen LogP contribution is -2.45. The molecule has 0 aliphatic heterocycles. The first-order valence-corrected chi connectivity index (χ1v) is 32.4. The van der Waals surface area contributed by atoms with E-state index in [9.17, 15) is 19.8 Å². The highest BCUT2D eigenvalue weighted by molar-refractivity contribution is 5.76. The minimum Gasteiger partial charge on any atom is -0.466 e. The van der Waals surface area contributed by atoms with Crippen molar-refractivity contribution in [2.75, 3.05) is 13.2 Å². The molecule has 0 saturated heterocycles. The van der Waals surface area contributed by atoms with E-state index in [1.165, 1.54) is 295 Å². The number of esters is 1. The second-order valence-corrected chi connectivity index (χ2v) is 22.5. The summed E-state index contributed by atoms with van der Waals surface area (Å²) in [5.74, 6) is -0.0306. The molecule has 0 aromatic carbocycles. The molecule has 0 aromatic heterocycles. The molecule has 2 unspecified atom stereocenters. The van der Waals surface area contributed by atoms with Gasteiger partial charge in [-0.25, -0.2) is 0 Å². The molecular formula is C65H127NO5. The van der Waals surface area contributed by atoms with Crippen LogP contribution in [-0.4, -0.2) is 47.4 Å². The zero-order valence-electron chi connectivity index (χ0n) is 48.2. The van der Waals surface area contributed by atoms with Crippen LogP contribution in [0.3, 0.4) is 0 Å². The van der Waals surface area contributed by atoms with Crippen LogP contribution in [0.5, 0.6) is 0 Å². The zero-order chi connectivity index (χ0) is 51.4. The van der Waals surface area contributed by atoms with Gasteiger partial charge in [0, 0.05) is 12.8 Å². The number of hydrogen-bond donors (Lipinski definition) is 3. The Balaban J connectivity index is 3.42. The summed E-state index contributed by atoms with van der Waals surface area (Å²) >= 11 is 0. The van der Waals surface area contributed by atoms with Crippen molar-refractivity contribution in [1.82, 2.24) is 5.32 Å². The maximum absolute atomic E-state index is 12.5. The van der Waals surface area contributed by atoms with Gasteiger partial charge in [0.1, 0.15) is 0 Å². The first kappa shape index (κ1) is 69.6. The van der Waals surface area contributed by atoms with Crippen molar-refractivity contribution in [3.8, 4) is 0 Å². The van der Waals surface area contributed by atoms with Crippen molar-refractivity contribution in [3.63, 3.8) is 0 Å². The van der Waals surface area contributed by atoms with Gasteiger partial charge in [0.25, 0.3) is 0 Å². The van der Waals surface area contributed by atoms with Crippen LogP contribution in [0.4, 0.5) is 0 Å². The Kier molecular flexibility index (Phi) is 59.9. The first-order valence-electron chi connectivity index (χ1n) is 32.4. The molecule has 6 heteroatoms. The largest absolute Gasteiger partial charge is 0.466 e. The Morgan fingerprint density at radius 3 is 1.00 bits per heavy atom. The molecule has 2 atom stereocenters. The molecule has 0 fully saturated rings. The Morgan fingerprint density at radius 1 is 0.380 bits per heavy atom. The average molecular weight is 1000 g/mol. The molecule has 3 N–H and O–H groups in total. The molecule has 6 nitrogen and oxygen atoms in total. The monoisotopic (exact) mass is 1000 g/mol. The van der Waals surface area contributed by atoms with E-state index < -0.39 is 12.1 Å². The van der Waals surface area contributed by atoms with Crippen LogP contribution in [0.1, 0.15) is 367 Å². The lowest BCUT2D eigenvalue weighted by atomic mass is 10.0. The van der Waals surface area contributed by atoms with Gasteiger partial charge in [-0.15, -0.1) is 0 Å². The number of allylic oxidation sites excluding steroid dienone is 2. The summed E-state index contributed by atoms with van der Waals surface area (Å²) in [5.41, 5.74) is 0. The Hall–Kier alpha value is -1.40. The third-order valence-electron chi connectivity index (χ3n) is 15.3. The number of nitrogens with one attached hydrogen (secondary N) is 1. The number of hydrogen-bond acceptors (Lipinski definition) is 5. The SMILES string of the molecule is CCCCCCCCCCCCCCCCCCCCCCCC(O)C(CO)NC(=O)CCCCCCCCC/C=C\CCCCCCCCCCCOC(=O)CCCCCCCCCCCCCCC. The normalized spacial score (nSPS) is 12.6. The van der Waals surface area contributed by atoms with E-state index in [1.54, 1.807) is 0 Å². The average Bonchev–Trinajstić information content (AvgIpc) is 3.37. The second kappa shape index (κ2) is 61.1. The third-order valence-corrected chi connectivity index (χ3v) is 15.3. The van der Waals surface area contributed by atoms with Gasteiger partial charge in [0.2, 0.25) is 5.91 Å². The minimum absolute atomic E-state index is 0.00877. The van der Waals surface area contributed by atoms with Gasteiger partial charge in [-0.3, -0.25) is 9.59 Å². The maximum atomic E-state index is 12.5. The highest BCUT2D eigenvalue weighted by Gasteiger charge is 2.20. The fraction of sp³-hybridized carbons (Fsp3) is 0.938. The minimum atomic E-state index is -0.670. The second-order valence-electron chi connectivity index (χ2n) is 22.5. The Morgan fingerprint density at radius 2 is 0.662 bits per heavy atom. The number of aliphatic hydroxyl groups excluding tert-OH is 2. The number of aliphatic hydroxyl groups is 2. The van der Waals surface area contributed by atoms with Crippen LogP contribution in [0, 0.1) is 0 Å². The number of rotatable bonds is 61. The summed E-state index contributed by atoms with van der Waals surface area (Å²) in [6.45, 7) is 4.98. The van der Waals surface area contributed by atoms with E-state index in [2.05, 4.69) is 31.3 Å². The summed E-state index contributed by atoms with van der Waals surface area (Å²) in [7, 11) is 0. The van der Waals surface area contributed by atoms with Gasteiger partial charge in [0.05, 0.1) is 25.4 Å². The lowest BCUT2D eigenvalue weighted by Gasteiger charge is -2.22. The smallest absolute Gasteiger partial charge is 0.305 e. The van der Waals surface area contributed by atoms with Crippen molar-refractivity contribution in [1.29, 1.82) is 0 Å². The number of amides is 1. The summed E-state index contributed by atoms with van der Waals surface area (Å²) in [6.07, 6.45) is 73.7. The van der Waals surface area contributed by atoms with Crippen molar-refractivity contribution >= 4 is 11.9 Å². The predicted molar refractivity (Wildman–Crippen MR) is 310 cm³/mol. The molecule has 0 rings (SSSR count). The van der Waals surface area contributed by atoms with Gasteiger partial charge in [-0.05, 0) is 51.4 Å². The molecular weight excluding hydrogens is 875 g/mol. The van der Waals surface area contributed by atoms with E-state index in [0.717, 1.165) is 38.5 Å². The maximum Gasteiger partial charge on any atom is 0.305 e. The van der Waals surface area contributed by atoms with Crippen molar-refractivity contribution in [2.24, 2.45) is 0 Å². The van der Waals surface area contributed by atoms with Crippen LogP contribution >= 0.6 is 0 Å². The van der Waals surface area contributed by atoms with Crippen molar-refractivity contribution in [3.05, 3.63) is 12.2 Å². The molecule has 0 spiro atoms. The first-order chi connectivity index (χ1) is 35.0. The van der Waals surface area contributed by atoms with E-state index in [1.807, 2.05) is 0 Å². The fourth-order valence-electron chi connectivity index (χ4n) is 10.3. The van der Waals surface area contributed by atoms with Gasteiger partial charge in [-0.2, -0.15) is 0 Å². The number of unbranched alkanes of at least 4 members (excludes halogenated alkanes) is 48. The molecule has 0 aliphatic carbocycles. The van der Waals surface area contributed by atoms with Crippen molar-refractivity contribution in [2.45, 2.75) is 379 Å². The number of carbonyl (C=O) groups excluding carboxylic acids is 2. The van der Waals surface area contributed by atoms with Gasteiger partial charge < -0.3 is 20.3 Å². The van der Waals surface area contributed by atoms with Crippen LogP contribution in [0.25, 0.3) is 0 Å². The lowest BCUT2D eigenvalue weighted by molar-refractivity contribution is -0.143. The van der Waals surface area contributed by atoms with Crippen LogP contribution in [0.15, 0.2) is 12.2 Å². The van der Waals surface area contributed by atoms with E-state index in [-0.39, 0.29) is 18.5 Å². The van der Waals surface area contributed by atoms with Crippen molar-refractivity contribution < 1.29 is 24.5 Å². The number of ether oxygens (including phenoxy) is 1. The quantitative estimate of drug-likeness (QED) is 0.0320. The van der Waals surface area contributed by atoms with Gasteiger partial charge >= 0.3 is 5.97 Å². The van der Waals surface area contributed by atoms with Gasteiger partial charge in [0.15, 0.2) is 0 Å². The highest BCUT2D eigenvalue weighted by Crippen LogP contribution is 2.18.